The van der Waals surface area contributed by atoms with Crippen LogP contribution in [0.1, 0.15) is 24.4 Å². The van der Waals surface area contributed by atoms with Crippen molar-refractivity contribution in [2.45, 2.75) is 30.3 Å². The topological polar surface area (TPSA) is 64.0 Å². The molecule has 0 saturated heterocycles. The highest BCUT2D eigenvalue weighted by Crippen LogP contribution is 2.31. The van der Waals surface area contributed by atoms with Crippen LogP contribution in [-0.4, -0.2) is 30.3 Å². The summed E-state index contributed by atoms with van der Waals surface area (Å²) in [6.07, 6.45) is 7.16. The first-order chi connectivity index (χ1) is 10.2. The van der Waals surface area contributed by atoms with Gasteiger partial charge in [0.25, 0.3) is 0 Å². The van der Waals surface area contributed by atoms with Crippen molar-refractivity contribution in [2.75, 3.05) is 12.3 Å². The molecule has 1 aliphatic rings. The fraction of sp³-hybridized carbons (Fsp3) is 0.400. The Morgan fingerprint density at radius 2 is 2.19 bits per heavy atom. The van der Waals surface area contributed by atoms with Crippen LogP contribution in [0.4, 0.5) is 0 Å². The zero-order valence-corrected chi connectivity index (χ0v) is 12.6. The SMILES string of the molecule is O=S1(=O)CCC(NCCCn2ccnc2)c2ccccc21. The Hall–Kier alpha value is -1.66. The van der Waals surface area contributed by atoms with Crippen molar-refractivity contribution in [2.24, 2.45) is 0 Å². The molecule has 1 unspecified atom stereocenters. The van der Waals surface area contributed by atoms with Crippen LogP contribution in [0.3, 0.4) is 0 Å². The largest absolute Gasteiger partial charge is 0.337 e. The number of aryl methyl sites for hydroxylation is 1. The molecule has 1 aromatic heterocycles. The molecule has 6 heteroatoms. The third kappa shape index (κ3) is 3.16. The van der Waals surface area contributed by atoms with Crippen LogP contribution < -0.4 is 5.32 Å². The van der Waals surface area contributed by atoms with E-state index in [2.05, 4.69) is 10.3 Å². The van der Waals surface area contributed by atoms with Crippen LogP contribution in [0, 0.1) is 0 Å². The molecule has 3 rings (SSSR count). The number of hydrogen-bond donors (Lipinski definition) is 1. The van der Waals surface area contributed by atoms with Crippen molar-refractivity contribution in [3.05, 3.63) is 48.5 Å². The number of imidazole rings is 1. The van der Waals surface area contributed by atoms with Gasteiger partial charge >= 0.3 is 0 Å². The molecule has 1 N–H and O–H groups in total. The van der Waals surface area contributed by atoms with Gasteiger partial charge in [0.15, 0.2) is 9.84 Å². The molecule has 1 aliphatic heterocycles. The predicted octanol–water partition coefficient (Wildman–Crippen LogP) is 1.78. The number of nitrogens with one attached hydrogen (secondary N) is 1. The summed E-state index contributed by atoms with van der Waals surface area (Å²) in [5, 5.41) is 3.48. The second-order valence-electron chi connectivity index (χ2n) is 5.31. The molecular weight excluding hydrogens is 286 g/mol. The second kappa shape index (κ2) is 5.99. The van der Waals surface area contributed by atoms with Crippen molar-refractivity contribution >= 4 is 9.84 Å². The Labute approximate surface area is 124 Å². The van der Waals surface area contributed by atoms with Gasteiger partial charge in [0.2, 0.25) is 0 Å². The molecule has 0 amide bonds. The average molecular weight is 305 g/mol. The summed E-state index contributed by atoms with van der Waals surface area (Å²) in [5.41, 5.74) is 0.909. The summed E-state index contributed by atoms with van der Waals surface area (Å²) >= 11 is 0. The number of sulfone groups is 1. The lowest BCUT2D eigenvalue weighted by Gasteiger charge is -2.26. The minimum atomic E-state index is -3.09. The van der Waals surface area contributed by atoms with Crippen molar-refractivity contribution in [1.29, 1.82) is 0 Å². The molecule has 1 aromatic carbocycles. The number of fused-ring (bicyclic) bond motifs is 1. The fourth-order valence-corrected chi connectivity index (χ4v) is 4.38. The van der Waals surface area contributed by atoms with E-state index in [-0.39, 0.29) is 11.8 Å². The zero-order chi connectivity index (χ0) is 14.7. The molecule has 0 bridgehead atoms. The van der Waals surface area contributed by atoms with Crippen molar-refractivity contribution in [3.63, 3.8) is 0 Å². The molecule has 112 valence electrons. The van der Waals surface area contributed by atoms with Crippen LogP contribution in [0.15, 0.2) is 47.9 Å². The molecule has 5 nitrogen and oxygen atoms in total. The van der Waals surface area contributed by atoms with E-state index in [1.807, 2.05) is 29.2 Å². The van der Waals surface area contributed by atoms with Gasteiger partial charge in [-0.15, -0.1) is 0 Å². The molecule has 0 radical (unpaired) electrons. The first-order valence-corrected chi connectivity index (χ1v) is 8.83. The van der Waals surface area contributed by atoms with Gasteiger partial charge in [-0.1, -0.05) is 18.2 Å². The van der Waals surface area contributed by atoms with Gasteiger partial charge in [0.1, 0.15) is 0 Å². The smallest absolute Gasteiger partial charge is 0.178 e. The fourth-order valence-electron chi connectivity index (χ4n) is 2.76. The highest BCUT2D eigenvalue weighted by Gasteiger charge is 2.29. The Morgan fingerprint density at radius 1 is 1.33 bits per heavy atom. The quantitative estimate of drug-likeness (QED) is 0.855. The van der Waals surface area contributed by atoms with Crippen LogP contribution >= 0.6 is 0 Å². The van der Waals surface area contributed by atoms with Gasteiger partial charge in [0.05, 0.1) is 17.0 Å². The summed E-state index contributed by atoms with van der Waals surface area (Å²) in [6, 6.07) is 7.45. The highest BCUT2D eigenvalue weighted by molar-refractivity contribution is 7.91. The number of rotatable bonds is 5. The molecular formula is C15H19N3O2S. The summed E-state index contributed by atoms with van der Waals surface area (Å²) in [7, 11) is -3.09. The average Bonchev–Trinajstić information content (AvgIpc) is 2.99. The Bertz CT molecular complexity index is 695. The Morgan fingerprint density at radius 3 is 3.00 bits per heavy atom. The van der Waals surface area contributed by atoms with Gasteiger partial charge in [0, 0.05) is 25.0 Å². The first kappa shape index (κ1) is 14.3. The van der Waals surface area contributed by atoms with E-state index < -0.39 is 9.84 Å². The van der Waals surface area contributed by atoms with E-state index in [4.69, 9.17) is 0 Å². The Balaban J connectivity index is 1.62. The summed E-state index contributed by atoms with van der Waals surface area (Å²) in [4.78, 5) is 4.50. The number of aromatic nitrogens is 2. The van der Waals surface area contributed by atoms with Gasteiger partial charge in [-0.2, -0.15) is 0 Å². The summed E-state index contributed by atoms with van der Waals surface area (Å²) in [6.45, 7) is 1.77. The number of nitrogens with zero attached hydrogens (tertiary/aromatic N) is 2. The van der Waals surface area contributed by atoms with Crippen LogP contribution in [0.5, 0.6) is 0 Å². The van der Waals surface area contributed by atoms with Crippen molar-refractivity contribution in [3.8, 4) is 0 Å². The molecule has 0 aliphatic carbocycles. The van der Waals surface area contributed by atoms with E-state index in [9.17, 15) is 8.42 Å². The lowest BCUT2D eigenvalue weighted by Crippen LogP contribution is -2.30. The number of benzene rings is 1. The van der Waals surface area contributed by atoms with Gasteiger partial charge in [-0.05, 0) is 31.0 Å². The summed E-state index contributed by atoms with van der Waals surface area (Å²) in [5.74, 6) is 0.225. The third-order valence-corrected chi connectivity index (χ3v) is 5.66. The van der Waals surface area contributed by atoms with Gasteiger partial charge in [-0.3, -0.25) is 0 Å². The van der Waals surface area contributed by atoms with Crippen LogP contribution in [-0.2, 0) is 16.4 Å². The highest BCUT2D eigenvalue weighted by atomic mass is 32.2. The first-order valence-electron chi connectivity index (χ1n) is 7.17. The van der Waals surface area contributed by atoms with E-state index in [1.165, 1.54) is 0 Å². The van der Waals surface area contributed by atoms with Crippen molar-refractivity contribution in [1.82, 2.24) is 14.9 Å². The minimum absolute atomic E-state index is 0.132. The molecule has 0 fully saturated rings. The normalized spacial score (nSPS) is 20.1. The second-order valence-corrected chi connectivity index (χ2v) is 7.38. The maximum atomic E-state index is 12.1. The maximum absolute atomic E-state index is 12.1. The van der Waals surface area contributed by atoms with Gasteiger partial charge in [-0.25, -0.2) is 13.4 Å². The van der Waals surface area contributed by atoms with Crippen LogP contribution in [0.25, 0.3) is 0 Å². The standard InChI is InChI=1S/C15H19N3O2S/c19-21(20)11-6-14(13-4-1-2-5-15(13)21)17-7-3-9-18-10-8-16-12-18/h1-2,4-5,8,10,12,14,17H,3,6-7,9,11H2. The lowest BCUT2D eigenvalue weighted by molar-refractivity contribution is 0.473. The molecule has 2 heterocycles. The maximum Gasteiger partial charge on any atom is 0.178 e. The van der Waals surface area contributed by atoms with Gasteiger partial charge < -0.3 is 9.88 Å². The molecule has 0 spiro atoms. The zero-order valence-electron chi connectivity index (χ0n) is 11.8. The lowest BCUT2D eigenvalue weighted by atomic mass is 10.0. The minimum Gasteiger partial charge on any atom is -0.337 e. The summed E-state index contributed by atoms with van der Waals surface area (Å²) < 4.78 is 26.2. The monoisotopic (exact) mass is 305 g/mol. The molecule has 0 saturated carbocycles. The Kier molecular flexibility index (Phi) is 4.07. The molecule has 21 heavy (non-hydrogen) atoms. The van der Waals surface area contributed by atoms with Crippen molar-refractivity contribution < 1.29 is 8.42 Å². The predicted molar refractivity (Wildman–Crippen MR) is 80.7 cm³/mol. The van der Waals surface area contributed by atoms with E-state index in [1.54, 1.807) is 18.3 Å². The third-order valence-electron chi connectivity index (χ3n) is 3.85. The number of hydrogen-bond acceptors (Lipinski definition) is 4. The molecule has 1 atom stereocenters. The van der Waals surface area contributed by atoms with E-state index in [0.717, 1.165) is 25.1 Å². The van der Waals surface area contributed by atoms with Crippen LogP contribution in [0.2, 0.25) is 0 Å². The van der Waals surface area contributed by atoms with E-state index in [0.29, 0.717) is 11.3 Å². The van der Waals surface area contributed by atoms with E-state index >= 15 is 0 Å². The molecule has 2 aromatic rings.